The van der Waals surface area contributed by atoms with Crippen molar-refractivity contribution in [1.29, 1.82) is 0 Å². The summed E-state index contributed by atoms with van der Waals surface area (Å²) >= 11 is 0. The first-order chi connectivity index (χ1) is 11.2. The molecule has 6 nitrogen and oxygen atoms in total. The van der Waals surface area contributed by atoms with E-state index < -0.39 is 0 Å². The lowest BCUT2D eigenvalue weighted by atomic mass is 10.0. The summed E-state index contributed by atoms with van der Waals surface area (Å²) < 4.78 is 1.43. The molecule has 0 spiro atoms. The zero-order valence-electron chi connectivity index (χ0n) is 13.8. The molecule has 1 N–H and O–H groups in total. The van der Waals surface area contributed by atoms with Gasteiger partial charge in [0.15, 0.2) is 0 Å². The number of hydrogen-bond acceptors (Lipinski definition) is 4. The van der Waals surface area contributed by atoms with Crippen LogP contribution in [0.5, 0.6) is 0 Å². The molecule has 0 radical (unpaired) electrons. The third-order valence-electron chi connectivity index (χ3n) is 4.32. The van der Waals surface area contributed by atoms with Crippen LogP contribution in [0.2, 0.25) is 0 Å². The Morgan fingerprint density at radius 2 is 2.12 bits per heavy atom. The number of pyridine rings is 1. The van der Waals surface area contributed by atoms with Crippen LogP contribution in [0.4, 0.5) is 0 Å². The van der Waals surface area contributed by atoms with Crippen molar-refractivity contribution in [3.8, 4) is 0 Å². The predicted octanol–water partition coefficient (Wildman–Crippen LogP) is 1.72. The molecule has 7 heteroatoms. The number of nitrogens with zero attached hydrogens (tertiary/aromatic N) is 3. The molecule has 2 aromatic rings. The first-order valence-corrected chi connectivity index (χ1v) is 8.20. The van der Waals surface area contributed by atoms with E-state index >= 15 is 0 Å². The van der Waals surface area contributed by atoms with Crippen LogP contribution in [0, 0.1) is 0 Å². The van der Waals surface area contributed by atoms with Crippen molar-refractivity contribution >= 4 is 24.0 Å². The number of fused-ring (bicyclic) bond motifs is 1. The van der Waals surface area contributed by atoms with E-state index in [1.54, 1.807) is 18.3 Å². The third kappa shape index (κ3) is 3.60. The van der Waals surface area contributed by atoms with E-state index in [-0.39, 0.29) is 35.5 Å². The number of amides is 1. The Hall–Kier alpha value is -1.92. The van der Waals surface area contributed by atoms with Crippen molar-refractivity contribution in [3.05, 3.63) is 46.5 Å². The second-order valence-corrected chi connectivity index (χ2v) is 5.89. The van der Waals surface area contributed by atoms with E-state index in [2.05, 4.69) is 10.3 Å². The van der Waals surface area contributed by atoms with Gasteiger partial charge in [-0.25, -0.2) is 4.98 Å². The van der Waals surface area contributed by atoms with Crippen LogP contribution in [0.15, 0.2) is 35.4 Å². The van der Waals surface area contributed by atoms with Crippen molar-refractivity contribution < 1.29 is 4.79 Å². The molecule has 0 aromatic carbocycles. The number of carbonyl (C=O) groups is 1. The summed E-state index contributed by atoms with van der Waals surface area (Å²) in [6.07, 6.45) is 5.79. The van der Waals surface area contributed by atoms with Gasteiger partial charge >= 0.3 is 0 Å². The lowest BCUT2D eigenvalue weighted by Gasteiger charge is -2.34. The van der Waals surface area contributed by atoms with E-state index in [1.165, 1.54) is 10.6 Å². The fourth-order valence-corrected chi connectivity index (χ4v) is 3.14. The summed E-state index contributed by atoms with van der Waals surface area (Å²) in [5, 5.41) is 3.31. The summed E-state index contributed by atoms with van der Waals surface area (Å²) in [5.41, 5.74) is 0.411. The number of rotatable bonds is 4. The highest BCUT2D eigenvalue weighted by Gasteiger charge is 2.27. The highest BCUT2D eigenvalue weighted by atomic mass is 35.5. The predicted molar refractivity (Wildman–Crippen MR) is 95.9 cm³/mol. The first-order valence-electron chi connectivity index (χ1n) is 8.20. The molecule has 1 aliphatic heterocycles. The molecule has 0 saturated carbocycles. The Bertz CT molecular complexity index is 756. The van der Waals surface area contributed by atoms with Crippen LogP contribution in [0.25, 0.3) is 5.65 Å². The molecule has 1 amide bonds. The van der Waals surface area contributed by atoms with Crippen LogP contribution < -0.4 is 10.9 Å². The summed E-state index contributed by atoms with van der Waals surface area (Å²) in [4.78, 5) is 31.7. The maximum absolute atomic E-state index is 13.0. The molecule has 0 aliphatic carbocycles. The lowest BCUT2D eigenvalue weighted by molar-refractivity contribution is 0.0640. The minimum atomic E-state index is -0.296. The normalized spacial score (nSPS) is 15.0. The fourth-order valence-electron chi connectivity index (χ4n) is 3.14. The van der Waals surface area contributed by atoms with Gasteiger partial charge in [-0.05, 0) is 44.5 Å². The van der Waals surface area contributed by atoms with Gasteiger partial charge < -0.3 is 10.2 Å². The van der Waals surface area contributed by atoms with Crippen LogP contribution >= 0.6 is 12.4 Å². The summed E-state index contributed by atoms with van der Waals surface area (Å²) in [7, 11) is 0. The fraction of sp³-hybridized carbons (Fsp3) is 0.471. The number of nitrogens with one attached hydrogen (secondary N) is 1. The highest BCUT2D eigenvalue weighted by molar-refractivity contribution is 5.94. The standard InChI is InChI=1S/C17H22N4O2.ClH/c1-2-10-20(13-6-8-18-9-7-13)16(22)14-12-19-15-5-3-4-11-21(15)17(14)23;/h3-5,11-13,18H,2,6-10H2,1H3;1H. The van der Waals surface area contributed by atoms with Crippen LogP contribution in [-0.2, 0) is 0 Å². The monoisotopic (exact) mass is 350 g/mol. The van der Waals surface area contributed by atoms with Crippen LogP contribution in [-0.4, -0.2) is 45.9 Å². The van der Waals surface area contributed by atoms with Crippen LogP contribution in [0.3, 0.4) is 0 Å². The molecule has 3 rings (SSSR count). The zero-order valence-corrected chi connectivity index (χ0v) is 14.6. The van der Waals surface area contributed by atoms with Gasteiger partial charge in [-0.3, -0.25) is 14.0 Å². The number of halogens is 1. The molecule has 0 unspecified atom stereocenters. The van der Waals surface area contributed by atoms with Crippen molar-refractivity contribution in [2.45, 2.75) is 32.2 Å². The van der Waals surface area contributed by atoms with Crippen molar-refractivity contribution in [2.75, 3.05) is 19.6 Å². The molecule has 2 aromatic heterocycles. The Morgan fingerprint density at radius 3 is 2.83 bits per heavy atom. The smallest absolute Gasteiger partial charge is 0.270 e. The Labute approximate surface area is 147 Å². The molecule has 1 fully saturated rings. The summed E-state index contributed by atoms with van der Waals surface area (Å²) in [6.45, 7) is 4.54. The topological polar surface area (TPSA) is 66.7 Å². The zero-order chi connectivity index (χ0) is 16.2. The van der Waals surface area contributed by atoms with E-state index in [0.29, 0.717) is 12.2 Å². The van der Waals surface area contributed by atoms with E-state index in [0.717, 1.165) is 32.4 Å². The molecular formula is C17H23ClN4O2. The minimum absolute atomic E-state index is 0. The number of piperidine rings is 1. The second kappa shape index (κ2) is 8.26. The largest absolute Gasteiger partial charge is 0.335 e. The quantitative estimate of drug-likeness (QED) is 0.911. The number of carbonyl (C=O) groups excluding carboxylic acids is 1. The molecule has 130 valence electrons. The van der Waals surface area contributed by atoms with E-state index in [1.807, 2.05) is 17.9 Å². The molecular weight excluding hydrogens is 328 g/mol. The van der Waals surface area contributed by atoms with Crippen molar-refractivity contribution in [2.24, 2.45) is 0 Å². The molecule has 1 saturated heterocycles. The summed E-state index contributed by atoms with van der Waals surface area (Å²) in [5.74, 6) is -0.200. The van der Waals surface area contributed by atoms with E-state index in [4.69, 9.17) is 0 Å². The van der Waals surface area contributed by atoms with Gasteiger partial charge in [0.2, 0.25) is 0 Å². The molecule has 0 bridgehead atoms. The van der Waals surface area contributed by atoms with Crippen LogP contribution in [0.1, 0.15) is 36.5 Å². The average molecular weight is 351 g/mol. The Morgan fingerprint density at radius 1 is 1.38 bits per heavy atom. The summed E-state index contributed by atoms with van der Waals surface area (Å²) in [6, 6.07) is 5.54. The lowest BCUT2D eigenvalue weighted by Crippen LogP contribution is -2.47. The van der Waals surface area contributed by atoms with Gasteiger partial charge in [-0.2, -0.15) is 0 Å². The van der Waals surface area contributed by atoms with Crippen molar-refractivity contribution in [3.63, 3.8) is 0 Å². The van der Waals surface area contributed by atoms with Gasteiger partial charge in [-0.1, -0.05) is 13.0 Å². The maximum Gasteiger partial charge on any atom is 0.270 e. The minimum Gasteiger partial charge on any atom is -0.335 e. The van der Waals surface area contributed by atoms with Gasteiger partial charge in [-0.15, -0.1) is 12.4 Å². The number of hydrogen-bond donors (Lipinski definition) is 1. The second-order valence-electron chi connectivity index (χ2n) is 5.89. The maximum atomic E-state index is 13.0. The Balaban J connectivity index is 0.00000208. The van der Waals surface area contributed by atoms with Gasteiger partial charge in [0, 0.05) is 25.0 Å². The highest BCUT2D eigenvalue weighted by Crippen LogP contribution is 2.15. The van der Waals surface area contributed by atoms with Gasteiger partial charge in [0.05, 0.1) is 0 Å². The first kappa shape index (κ1) is 18.4. The molecule has 1 aliphatic rings. The van der Waals surface area contributed by atoms with E-state index in [9.17, 15) is 9.59 Å². The average Bonchev–Trinajstić information content (AvgIpc) is 2.60. The molecule has 24 heavy (non-hydrogen) atoms. The SMILES string of the molecule is CCCN(C(=O)c1cnc2ccccn2c1=O)C1CCNCC1.Cl. The third-order valence-corrected chi connectivity index (χ3v) is 4.32. The number of aromatic nitrogens is 2. The van der Waals surface area contributed by atoms with Gasteiger partial charge in [0.1, 0.15) is 11.2 Å². The Kier molecular flexibility index (Phi) is 6.34. The molecule has 0 atom stereocenters. The molecule has 3 heterocycles. The van der Waals surface area contributed by atoms with Gasteiger partial charge in [0.25, 0.3) is 11.5 Å². The van der Waals surface area contributed by atoms with Crippen molar-refractivity contribution in [1.82, 2.24) is 19.6 Å².